The van der Waals surface area contributed by atoms with Crippen molar-refractivity contribution in [2.45, 2.75) is 52.4 Å². The number of hydrogen-bond donors (Lipinski definition) is 1. The third-order valence-corrected chi connectivity index (χ3v) is 4.37. The van der Waals surface area contributed by atoms with E-state index in [-0.39, 0.29) is 30.2 Å². The number of ether oxygens (including phenoxy) is 1. The average molecular weight is 345 g/mol. The highest BCUT2D eigenvalue weighted by Crippen LogP contribution is 2.24. The topological polar surface area (TPSA) is 72.5 Å². The maximum Gasteiger partial charge on any atom is 0.309 e. The summed E-state index contributed by atoms with van der Waals surface area (Å²) in [6, 6.07) is 6.66. The van der Waals surface area contributed by atoms with Crippen LogP contribution < -0.4 is 5.32 Å². The Morgan fingerprint density at radius 1 is 1.08 bits per heavy atom. The fraction of sp³-hybridized carbons (Fsp3) is 0.550. The predicted octanol–water partition coefficient (Wildman–Crippen LogP) is 3.98. The van der Waals surface area contributed by atoms with Gasteiger partial charge in [-0.25, -0.2) is 0 Å². The Morgan fingerprint density at radius 3 is 2.32 bits per heavy atom. The maximum atomic E-state index is 12.1. The molecule has 1 fully saturated rings. The number of Topliss-reactive ketones (excluding diaryl/α,β-unsaturated/α-hetero) is 1. The van der Waals surface area contributed by atoms with E-state index < -0.39 is 0 Å². The van der Waals surface area contributed by atoms with Crippen LogP contribution in [0.15, 0.2) is 24.3 Å². The molecule has 1 aliphatic carbocycles. The largest absolute Gasteiger partial charge is 0.457 e. The van der Waals surface area contributed by atoms with Crippen molar-refractivity contribution in [3.05, 3.63) is 29.8 Å². The second-order valence-corrected chi connectivity index (χ2v) is 7.09. The first-order valence-corrected chi connectivity index (χ1v) is 9.05. The highest BCUT2D eigenvalue weighted by atomic mass is 16.5. The number of nitrogens with one attached hydrogen (secondary N) is 1. The summed E-state index contributed by atoms with van der Waals surface area (Å²) in [5.41, 5.74) is 1.12. The molecule has 0 heterocycles. The van der Waals surface area contributed by atoms with E-state index in [1.165, 1.54) is 6.42 Å². The molecule has 1 N–H and O–H groups in total. The molecule has 5 nitrogen and oxygen atoms in total. The summed E-state index contributed by atoms with van der Waals surface area (Å²) in [5, 5.41) is 2.80. The Bertz CT molecular complexity index is 601. The minimum absolute atomic E-state index is 0.0458. The minimum Gasteiger partial charge on any atom is -0.457 e. The molecule has 1 aromatic carbocycles. The van der Waals surface area contributed by atoms with Crippen molar-refractivity contribution in [3.63, 3.8) is 0 Å². The molecule has 1 saturated carbocycles. The van der Waals surface area contributed by atoms with Crippen molar-refractivity contribution in [2.24, 2.45) is 11.8 Å². The molecule has 1 amide bonds. The van der Waals surface area contributed by atoms with Gasteiger partial charge in [0, 0.05) is 17.7 Å². The van der Waals surface area contributed by atoms with Crippen LogP contribution in [-0.4, -0.2) is 24.3 Å². The van der Waals surface area contributed by atoms with Gasteiger partial charge in [0.1, 0.15) is 0 Å². The Hall–Kier alpha value is -2.17. The lowest BCUT2D eigenvalue weighted by Gasteiger charge is -2.19. The quantitative estimate of drug-likeness (QED) is 0.599. The standard InChI is InChI=1S/C20H27NO4/c1-14(2)12-19(23)21-17-10-8-15(9-11-17)18(22)13-25-20(24)16-6-4-3-5-7-16/h8-11,14,16H,3-7,12-13H2,1-2H3,(H,21,23). The van der Waals surface area contributed by atoms with Gasteiger partial charge < -0.3 is 10.1 Å². The van der Waals surface area contributed by atoms with E-state index in [1.807, 2.05) is 13.8 Å². The third-order valence-electron chi connectivity index (χ3n) is 4.37. The zero-order valence-corrected chi connectivity index (χ0v) is 15.0. The fourth-order valence-corrected chi connectivity index (χ4v) is 3.00. The third kappa shape index (κ3) is 6.33. The Morgan fingerprint density at radius 2 is 1.72 bits per heavy atom. The highest BCUT2D eigenvalue weighted by molar-refractivity contribution is 5.99. The Kier molecular flexibility index (Phi) is 7.16. The second-order valence-electron chi connectivity index (χ2n) is 7.09. The first-order chi connectivity index (χ1) is 12.0. The second kappa shape index (κ2) is 9.35. The van der Waals surface area contributed by atoms with Crippen LogP contribution in [0.25, 0.3) is 0 Å². The van der Waals surface area contributed by atoms with Gasteiger partial charge in [-0.1, -0.05) is 33.1 Å². The summed E-state index contributed by atoms with van der Waals surface area (Å²) in [6.45, 7) is 3.74. The van der Waals surface area contributed by atoms with Crippen LogP contribution in [0.4, 0.5) is 5.69 Å². The van der Waals surface area contributed by atoms with Crippen LogP contribution in [-0.2, 0) is 14.3 Å². The summed E-state index contributed by atoms with van der Waals surface area (Å²) < 4.78 is 5.18. The van der Waals surface area contributed by atoms with Gasteiger partial charge in [0.2, 0.25) is 5.91 Å². The van der Waals surface area contributed by atoms with E-state index >= 15 is 0 Å². The van der Waals surface area contributed by atoms with Gasteiger partial charge in [0.05, 0.1) is 5.92 Å². The molecule has 0 spiro atoms. The van der Waals surface area contributed by atoms with Crippen molar-refractivity contribution in [1.29, 1.82) is 0 Å². The number of benzene rings is 1. The smallest absolute Gasteiger partial charge is 0.309 e. The SMILES string of the molecule is CC(C)CC(=O)Nc1ccc(C(=O)COC(=O)C2CCCCC2)cc1. The first-order valence-electron chi connectivity index (χ1n) is 9.05. The minimum atomic E-state index is -0.259. The van der Waals surface area contributed by atoms with Crippen molar-refractivity contribution in [1.82, 2.24) is 0 Å². The molecule has 0 bridgehead atoms. The van der Waals surface area contributed by atoms with E-state index in [1.54, 1.807) is 24.3 Å². The van der Waals surface area contributed by atoms with Gasteiger partial charge in [-0.15, -0.1) is 0 Å². The Balaban J connectivity index is 1.81. The van der Waals surface area contributed by atoms with Crippen molar-refractivity contribution in [2.75, 3.05) is 11.9 Å². The summed E-state index contributed by atoms with van der Waals surface area (Å²) in [4.78, 5) is 35.9. The van der Waals surface area contributed by atoms with Gasteiger partial charge in [0.25, 0.3) is 0 Å². The average Bonchev–Trinajstić information content (AvgIpc) is 2.60. The molecule has 0 unspecified atom stereocenters. The summed E-state index contributed by atoms with van der Waals surface area (Å²) >= 11 is 0. The molecule has 0 saturated heterocycles. The molecule has 1 aliphatic rings. The normalized spacial score (nSPS) is 15.0. The number of hydrogen-bond acceptors (Lipinski definition) is 4. The van der Waals surface area contributed by atoms with Crippen molar-refractivity contribution in [3.8, 4) is 0 Å². The van der Waals surface area contributed by atoms with Gasteiger partial charge in [-0.05, 0) is 43.0 Å². The molecular weight excluding hydrogens is 318 g/mol. The lowest BCUT2D eigenvalue weighted by Crippen LogP contribution is -2.23. The molecule has 0 radical (unpaired) electrons. The summed E-state index contributed by atoms with van der Waals surface area (Å²) in [6.07, 6.45) is 5.45. The van der Waals surface area contributed by atoms with Crippen LogP contribution >= 0.6 is 0 Å². The van der Waals surface area contributed by atoms with E-state index in [0.29, 0.717) is 23.6 Å². The molecule has 25 heavy (non-hydrogen) atoms. The van der Waals surface area contributed by atoms with Crippen LogP contribution in [0.5, 0.6) is 0 Å². The number of ketones is 1. The van der Waals surface area contributed by atoms with Gasteiger partial charge in [-0.2, -0.15) is 0 Å². The molecular formula is C20H27NO4. The molecule has 0 aliphatic heterocycles. The van der Waals surface area contributed by atoms with E-state index in [2.05, 4.69) is 5.32 Å². The molecule has 5 heteroatoms. The van der Waals surface area contributed by atoms with Gasteiger partial charge in [0.15, 0.2) is 12.4 Å². The number of carbonyl (C=O) groups is 3. The number of rotatable bonds is 7. The van der Waals surface area contributed by atoms with Crippen LogP contribution in [0, 0.1) is 11.8 Å². The van der Waals surface area contributed by atoms with Gasteiger partial charge >= 0.3 is 5.97 Å². The molecule has 0 atom stereocenters. The number of anilines is 1. The molecule has 2 rings (SSSR count). The maximum absolute atomic E-state index is 12.1. The number of amides is 1. The van der Waals surface area contributed by atoms with Crippen LogP contribution in [0.1, 0.15) is 62.7 Å². The monoisotopic (exact) mass is 345 g/mol. The van der Waals surface area contributed by atoms with E-state index in [9.17, 15) is 14.4 Å². The predicted molar refractivity (Wildman–Crippen MR) is 96.4 cm³/mol. The highest BCUT2D eigenvalue weighted by Gasteiger charge is 2.23. The zero-order chi connectivity index (χ0) is 18.2. The fourth-order valence-electron chi connectivity index (χ4n) is 3.00. The lowest BCUT2D eigenvalue weighted by molar-refractivity contribution is -0.148. The molecule has 136 valence electrons. The molecule has 1 aromatic rings. The van der Waals surface area contributed by atoms with Crippen molar-refractivity contribution >= 4 is 23.3 Å². The van der Waals surface area contributed by atoms with E-state index in [4.69, 9.17) is 4.74 Å². The van der Waals surface area contributed by atoms with Crippen LogP contribution in [0.2, 0.25) is 0 Å². The summed E-state index contributed by atoms with van der Waals surface area (Å²) in [7, 11) is 0. The lowest BCUT2D eigenvalue weighted by atomic mass is 9.89. The summed E-state index contributed by atoms with van der Waals surface area (Å²) in [5.74, 6) is -0.301. The Labute approximate surface area is 149 Å². The van der Waals surface area contributed by atoms with Crippen molar-refractivity contribution < 1.29 is 19.1 Å². The first kappa shape index (κ1) is 19.2. The molecule has 0 aromatic heterocycles. The number of esters is 1. The van der Waals surface area contributed by atoms with Crippen LogP contribution in [0.3, 0.4) is 0 Å². The van der Waals surface area contributed by atoms with Gasteiger partial charge in [-0.3, -0.25) is 14.4 Å². The zero-order valence-electron chi connectivity index (χ0n) is 15.0. The van der Waals surface area contributed by atoms with E-state index in [0.717, 1.165) is 25.7 Å². The number of carbonyl (C=O) groups excluding carboxylic acids is 3.